The van der Waals surface area contributed by atoms with Crippen molar-refractivity contribution in [2.24, 2.45) is 0 Å². The highest BCUT2D eigenvalue weighted by molar-refractivity contribution is 6.36. The van der Waals surface area contributed by atoms with Gasteiger partial charge in [-0.25, -0.2) is 23.8 Å². The molecule has 8 rings (SSSR count). The van der Waals surface area contributed by atoms with Gasteiger partial charge in [0, 0.05) is 74.0 Å². The van der Waals surface area contributed by atoms with Crippen molar-refractivity contribution in [3.63, 3.8) is 0 Å². The Balaban J connectivity index is 0.975. The summed E-state index contributed by atoms with van der Waals surface area (Å²) in [5.41, 5.74) is 3.09. The Labute approximate surface area is 372 Å². The molecule has 0 spiro atoms. The number of anilines is 3. The summed E-state index contributed by atoms with van der Waals surface area (Å²) in [6.45, 7) is 7.88. The summed E-state index contributed by atoms with van der Waals surface area (Å²) in [7, 11) is 0. The van der Waals surface area contributed by atoms with Gasteiger partial charge >= 0.3 is 5.69 Å². The number of hydrogen-bond acceptors (Lipinski definition) is 12. The lowest BCUT2D eigenvalue weighted by molar-refractivity contribution is -0.128. The van der Waals surface area contributed by atoms with Crippen LogP contribution in [-0.4, -0.2) is 90.4 Å². The molecule has 0 saturated carbocycles. The van der Waals surface area contributed by atoms with E-state index >= 15 is 4.39 Å². The lowest BCUT2D eigenvalue weighted by Crippen LogP contribution is -2.55. The second-order valence-corrected chi connectivity index (χ2v) is 16.0. The number of nitriles is 1. The number of aromatic amines is 1. The SMILES string of the molecule is C=CC(=O)N1CCN(c2nc(NCCC(=O)NCc3ccc(-n4c(-c5cc(CC)c(O)cc5O)n[nH]c4=O)cc3F)nc3c2CCN(c2cccc4cccc(Cl)c24)C3)C[C@H]1CC#N. The molecule has 328 valence electrons. The van der Waals surface area contributed by atoms with E-state index in [-0.39, 0.29) is 77.9 Å². The molecular weight excluding hydrogens is 841 g/mol. The first-order valence-electron chi connectivity index (χ1n) is 20.9. The van der Waals surface area contributed by atoms with Crippen LogP contribution in [0.2, 0.25) is 5.02 Å². The predicted octanol–water partition coefficient (Wildman–Crippen LogP) is 5.73. The van der Waals surface area contributed by atoms with Crippen LogP contribution in [0.1, 0.15) is 42.1 Å². The minimum atomic E-state index is -0.680. The minimum Gasteiger partial charge on any atom is -0.508 e. The average molecular weight is 886 g/mol. The Morgan fingerprint density at radius 2 is 1.86 bits per heavy atom. The lowest BCUT2D eigenvalue weighted by Gasteiger charge is -2.42. The van der Waals surface area contributed by atoms with E-state index in [9.17, 15) is 29.9 Å². The van der Waals surface area contributed by atoms with E-state index in [1.165, 1.54) is 30.3 Å². The molecule has 64 heavy (non-hydrogen) atoms. The third-order valence-corrected chi connectivity index (χ3v) is 12.0. The summed E-state index contributed by atoms with van der Waals surface area (Å²) in [5, 5.41) is 45.3. The Hall–Kier alpha value is -7.45. The Morgan fingerprint density at radius 1 is 1.05 bits per heavy atom. The monoisotopic (exact) mass is 885 g/mol. The maximum atomic E-state index is 15.5. The number of H-pyrrole nitrogens is 1. The van der Waals surface area contributed by atoms with E-state index in [2.05, 4.69) is 43.3 Å². The fourth-order valence-electron chi connectivity index (χ4n) is 8.42. The smallest absolute Gasteiger partial charge is 0.348 e. The molecule has 6 aromatic rings. The number of nitrogens with one attached hydrogen (secondary N) is 3. The third-order valence-electron chi connectivity index (χ3n) is 11.7. The molecule has 2 aliphatic rings. The number of halogens is 2. The Morgan fingerprint density at radius 3 is 2.62 bits per heavy atom. The summed E-state index contributed by atoms with van der Waals surface area (Å²) < 4.78 is 16.6. The fourth-order valence-corrected chi connectivity index (χ4v) is 8.70. The van der Waals surface area contributed by atoms with E-state index in [1.807, 2.05) is 43.3 Å². The Bertz CT molecular complexity index is 2890. The maximum absolute atomic E-state index is 15.5. The zero-order valence-electron chi connectivity index (χ0n) is 34.9. The van der Waals surface area contributed by atoms with Gasteiger partial charge in [-0.3, -0.25) is 9.59 Å². The molecule has 0 aliphatic carbocycles. The molecule has 1 fully saturated rings. The van der Waals surface area contributed by atoms with Crippen molar-refractivity contribution in [1.82, 2.24) is 34.9 Å². The first-order chi connectivity index (χ1) is 31.0. The van der Waals surface area contributed by atoms with Crippen LogP contribution in [-0.2, 0) is 35.5 Å². The molecule has 0 bridgehead atoms. The molecule has 18 heteroatoms. The van der Waals surface area contributed by atoms with E-state index in [4.69, 9.17) is 21.6 Å². The highest BCUT2D eigenvalue weighted by atomic mass is 35.5. The standard InChI is InChI=1S/C46H45ClFN11O5/c1-3-27-21-33(39(61)23-38(27)60)44-54-55-46(64)59(44)30-12-11-29(35(48)22-30)24-51-40(62)14-17-50-45-52-36-26-56(37-10-6-8-28-7-5-9-34(47)42(28)37)18-15-32(36)43(53-45)57-19-20-58(41(63)4-2)31(25-57)13-16-49/h4-12,21-23,31,60-61H,2-3,13-15,17-20,24-26H2,1H3,(H,51,62)(H,55,64)(H,50,52,53)/t31-/m1/s1. The van der Waals surface area contributed by atoms with E-state index in [0.717, 1.165) is 38.4 Å². The van der Waals surface area contributed by atoms with E-state index in [1.54, 1.807) is 4.90 Å². The van der Waals surface area contributed by atoms with Crippen LogP contribution in [0.4, 0.5) is 21.8 Å². The molecular formula is C46H45ClFN11O5. The average Bonchev–Trinajstić information content (AvgIpc) is 3.68. The van der Waals surface area contributed by atoms with Crippen molar-refractivity contribution in [2.75, 3.05) is 47.8 Å². The van der Waals surface area contributed by atoms with Gasteiger partial charge in [-0.1, -0.05) is 55.4 Å². The van der Waals surface area contributed by atoms with Crippen molar-refractivity contribution < 1.29 is 24.2 Å². The number of phenolic OH excluding ortho intramolecular Hbond substituents is 2. The van der Waals surface area contributed by atoms with Gasteiger partial charge < -0.3 is 35.5 Å². The van der Waals surface area contributed by atoms with Gasteiger partial charge in [-0.05, 0) is 60.2 Å². The van der Waals surface area contributed by atoms with Crippen LogP contribution < -0.4 is 26.1 Å². The molecule has 16 nitrogen and oxygen atoms in total. The quantitative estimate of drug-likeness (QED) is 0.0881. The molecule has 0 radical (unpaired) electrons. The molecule has 2 amide bonds. The summed E-state index contributed by atoms with van der Waals surface area (Å²) >= 11 is 6.73. The lowest BCUT2D eigenvalue weighted by atomic mass is 10.0. The predicted molar refractivity (Wildman–Crippen MR) is 241 cm³/mol. The van der Waals surface area contributed by atoms with Gasteiger partial charge in [-0.2, -0.15) is 15.3 Å². The number of carbonyl (C=O) groups is 2. The first kappa shape index (κ1) is 43.2. The number of aromatic nitrogens is 5. The van der Waals surface area contributed by atoms with Crippen molar-refractivity contribution in [2.45, 2.75) is 51.7 Å². The van der Waals surface area contributed by atoms with Gasteiger partial charge in [0.25, 0.3) is 0 Å². The molecule has 4 aromatic carbocycles. The Kier molecular flexibility index (Phi) is 12.5. The van der Waals surface area contributed by atoms with Crippen LogP contribution in [0, 0.1) is 17.1 Å². The van der Waals surface area contributed by atoms with Crippen molar-refractivity contribution in [1.29, 1.82) is 5.26 Å². The topological polar surface area (TPSA) is 209 Å². The number of carbonyl (C=O) groups excluding carboxylic acids is 2. The summed E-state index contributed by atoms with van der Waals surface area (Å²) in [4.78, 5) is 54.5. The number of fused-ring (bicyclic) bond motifs is 2. The van der Waals surface area contributed by atoms with Crippen LogP contribution in [0.25, 0.3) is 27.8 Å². The normalized spacial score (nSPS) is 14.8. The summed E-state index contributed by atoms with van der Waals surface area (Å²) in [6.07, 6.45) is 2.50. The summed E-state index contributed by atoms with van der Waals surface area (Å²) in [6, 6.07) is 20.5. The second-order valence-electron chi connectivity index (χ2n) is 15.5. The maximum Gasteiger partial charge on any atom is 0.348 e. The van der Waals surface area contributed by atoms with Crippen LogP contribution >= 0.6 is 11.6 Å². The number of nitrogens with zero attached hydrogens (tertiary/aromatic N) is 8. The molecule has 5 N–H and O–H groups in total. The van der Waals surface area contributed by atoms with Crippen molar-refractivity contribution in [3.8, 4) is 34.6 Å². The number of aromatic hydroxyl groups is 2. The summed E-state index contributed by atoms with van der Waals surface area (Å²) in [5.74, 6) is -0.641. The van der Waals surface area contributed by atoms with E-state index < -0.39 is 11.5 Å². The van der Waals surface area contributed by atoms with Crippen LogP contribution in [0.3, 0.4) is 0 Å². The molecule has 1 atom stereocenters. The zero-order chi connectivity index (χ0) is 45.1. The number of rotatable bonds is 13. The molecule has 2 aromatic heterocycles. The van der Waals surface area contributed by atoms with E-state index in [0.29, 0.717) is 67.9 Å². The number of piperazine rings is 1. The molecule has 4 heterocycles. The third kappa shape index (κ3) is 8.64. The van der Waals surface area contributed by atoms with Crippen LogP contribution in [0.15, 0.2) is 84.2 Å². The highest BCUT2D eigenvalue weighted by Crippen LogP contribution is 2.38. The molecule has 0 unspecified atom stereocenters. The molecule has 1 saturated heterocycles. The number of aryl methyl sites for hydroxylation is 1. The largest absolute Gasteiger partial charge is 0.508 e. The number of phenols is 2. The van der Waals surface area contributed by atoms with Crippen LogP contribution in [0.5, 0.6) is 11.5 Å². The fraction of sp³-hybridized carbons (Fsp3) is 0.283. The molecule has 2 aliphatic heterocycles. The number of benzene rings is 4. The van der Waals surface area contributed by atoms with Crippen molar-refractivity contribution in [3.05, 3.63) is 123 Å². The van der Waals surface area contributed by atoms with Gasteiger partial charge in [-0.15, -0.1) is 0 Å². The van der Waals surface area contributed by atoms with Gasteiger partial charge in [0.15, 0.2) is 5.82 Å². The van der Waals surface area contributed by atoms with Gasteiger partial charge in [0.2, 0.25) is 17.8 Å². The van der Waals surface area contributed by atoms with Gasteiger partial charge in [0.1, 0.15) is 23.1 Å². The first-order valence-corrected chi connectivity index (χ1v) is 21.2. The van der Waals surface area contributed by atoms with Gasteiger partial charge in [0.05, 0.1) is 47.0 Å². The van der Waals surface area contributed by atoms with Crippen molar-refractivity contribution >= 4 is 51.6 Å². The highest BCUT2D eigenvalue weighted by Gasteiger charge is 2.33. The zero-order valence-corrected chi connectivity index (χ0v) is 35.7. The number of amides is 2. The number of hydrogen-bond donors (Lipinski definition) is 5. The minimum absolute atomic E-state index is 0.00629. The second kappa shape index (κ2) is 18.5.